The summed E-state index contributed by atoms with van der Waals surface area (Å²) in [6, 6.07) is 9.13. The number of rotatable bonds is 3. The highest BCUT2D eigenvalue weighted by atomic mass is 16.5. The number of hydrogen-bond acceptors (Lipinski definition) is 3. The molecule has 2 aliphatic heterocycles. The molecular formula is C16H24N2O. The third kappa shape index (κ3) is 2.99. The maximum atomic E-state index is 5.76. The Morgan fingerprint density at radius 3 is 3.11 bits per heavy atom. The monoisotopic (exact) mass is 260 g/mol. The first-order valence-electron chi connectivity index (χ1n) is 7.41. The highest BCUT2D eigenvalue weighted by Gasteiger charge is 2.26. The van der Waals surface area contributed by atoms with Gasteiger partial charge in [-0.1, -0.05) is 24.3 Å². The molecular weight excluding hydrogens is 236 g/mol. The molecule has 19 heavy (non-hydrogen) atoms. The number of fused-ring (bicyclic) bond motifs is 1. The highest BCUT2D eigenvalue weighted by Crippen LogP contribution is 2.29. The zero-order valence-electron chi connectivity index (χ0n) is 11.8. The molecule has 1 fully saturated rings. The average molecular weight is 260 g/mol. The summed E-state index contributed by atoms with van der Waals surface area (Å²) in [4.78, 5) is 2.48. The van der Waals surface area contributed by atoms with Crippen molar-refractivity contribution in [2.24, 2.45) is 5.92 Å². The Kier molecular flexibility index (Phi) is 4.16. The van der Waals surface area contributed by atoms with E-state index in [2.05, 4.69) is 41.5 Å². The summed E-state index contributed by atoms with van der Waals surface area (Å²) in [6.45, 7) is 5.11. The normalized spacial score (nSPS) is 27.3. The lowest BCUT2D eigenvalue weighted by molar-refractivity contribution is 0.0354. The zero-order valence-corrected chi connectivity index (χ0v) is 11.8. The van der Waals surface area contributed by atoms with Gasteiger partial charge in [-0.15, -0.1) is 0 Å². The van der Waals surface area contributed by atoms with Crippen molar-refractivity contribution in [1.29, 1.82) is 0 Å². The van der Waals surface area contributed by atoms with Crippen LogP contribution in [-0.4, -0.2) is 38.2 Å². The number of benzene rings is 1. The fraction of sp³-hybridized carbons (Fsp3) is 0.625. The van der Waals surface area contributed by atoms with Crippen molar-refractivity contribution in [1.82, 2.24) is 10.2 Å². The van der Waals surface area contributed by atoms with Crippen LogP contribution in [0.15, 0.2) is 24.3 Å². The summed E-state index contributed by atoms with van der Waals surface area (Å²) in [6.07, 6.45) is 2.67. The molecule has 1 aromatic carbocycles. The molecule has 0 amide bonds. The van der Waals surface area contributed by atoms with Crippen LogP contribution in [-0.2, 0) is 11.3 Å². The highest BCUT2D eigenvalue weighted by molar-refractivity contribution is 5.31. The van der Waals surface area contributed by atoms with E-state index in [-0.39, 0.29) is 0 Å². The predicted octanol–water partition coefficient (Wildman–Crippen LogP) is 2.19. The molecule has 3 heteroatoms. The molecule has 2 atom stereocenters. The van der Waals surface area contributed by atoms with Gasteiger partial charge in [-0.05, 0) is 50.0 Å². The van der Waals surface area contributed by atoms with Crippen molar-refractivity contribution in [2.75, 3.05) is 33.3 Å². The summed E-state index contributed by atoms with van der Waals surface area (Å²) >= 11 is 0. The molecule has 3 rings (SSSR count). The van der Waals surface area contributed by atoms with Gasteiger partial charge in [-0.2, -0.15) is 0 Å². The van der Waals surface area contributed by atoms with Gasteiger partial charge in [0.05, 0.1) is 19.3 Å². The second-order valence-corrected chi connectivity index (χ2v) is 5.88. The van der Waals surface area contributed by atoms with Crippen molar-refractivity contribution in [3.05, 3.63) is 35.4 Å². The van der Waals surface area contributed by atoms with Crippen LogP contribution in [0, 0.1) is 5.92 Å². The van der Waals surface area contributed by atoms with Crippen LogP contribution in [0.2, 0.25) is 0 Å². The second-order valence-electron chi connectivity index (χ2n) is 5.88. The minimum atomic E-state index is 0.423. The van der Waals surface area contributed by atoms with Crippen LogP contribution >= 0.6 is 0 Å². The van der Waals surface area contributed by atoms with Gasteiger partial charge >= 0.3 is 0 Å². The van der Waals surface area contributed by atoms with Gasteiger partial charge in [0, 0.05) is 6.54 Å². The maximum Gasteiger partial charge on any atom is 0.0721 e. The molecule has 2 unspecified atom stereocenters. The lowest BCUT2D eigenvalue weighted by atomic mass is 9.95. The molecule has 0 bridgehead atoms. The first-order valence-corrected chi connectivity index (χ1v) is 7.41. The lowest BCUT2D eigenvalue weighted by Crippen LogP contribution is -2.40. The summed E-state index contributed by atoms with van der Waals surface area (Å²) in [5.74, 6) is 0.785. The first-order chi connectivity index (χ1) is 9.34. The van der Waals surface area contributed by atoms with Crippen LogP contribution in [0.5, 0.6) is 0 Å². The Morgan fingerprint density at radius 1 is 1.37 bits per heavy atom. The van der Waals surface area contributed by atoms with E-state index in [0.717, 1.165) is 25.7 Å². The standard InChI is InChI=1S/C16H24N2O/c1-18(10-13-5-4-8-17-9-13)16-12-19-11-14-6-2-3-7-15(14)16/h2-3,6-7,13,16-17H,4-5,8-12H2,1H3. The molecule has 0 saturated carbocycles. The van der Waals surface area contributed by atoms with Gasteiger partial charge in [0.2, 0.25) is 0 Å². The van der Waals surface area contributed by atoms with E-state index in [1.807, 2.05) is 0 Å². The summed E-state index contributed by atoms with van der Waals surface area (Å²) in [7, 11) is 2.24. The fourth-order valence-electron chi connectivity index (χ4n) is 3.34. The molecule has 1 saturated heterocycles. The number of nitrogens with one attached hydrogen (secondary N) is 1. The zero-order chi connectivity index (χ0) is 13.1. The Balaban J connectivity index is 1.68. The Labute approximate surface area is 115 Å². The predicted molar refractivity (Wildman–Crippen MR) is 77.1 cm³/mol. The average Bonchev–Trinajstić information content (AvgIpc) is 2.47. The largest absolute Gasteiger partial charge is 0.375 e. The summed E-state index contributed by atoms with van der Waals surface area (Å²) < 4.78 is 5.76. The van der Waals surface area contributed by atoms with Crippen LogP contribution in [0.1, 0.15) is 30.0 Å². The van der Waals surface area contributed by atoms with Gasteiger partial charge in [0.25, 0.3) is 0 Å². The van der Waals surface area contributed by atoms with Crippen LogP contribution in [0.25, 0.3) is 0 Å². The molecule has 2 aliphatic rings. The molecule has 0 radical (unpaired) electrons. The fourth-order valence-corrected chi connectivity index (χ4v) is 3.34. The van der Waals surface area contributed by atoms with E-state index < -0.39 is 0 Å². The molecule has 104 valence electrons. The third-order valence-corrected chi connectivity index (χ3v) is 4.42. The smallest absolute Gasteiger partial charge is 0.0721 e. The molecule has 0 spiro atoms. The van der Waals surface area contributed by atoms with Gasteiger partial charge in [0.15, 0.2) is 0 Å². The Hall–Kier alpha value is -0.900. The van der Waals surface area contributed by atoms with Crippen molar-refractivity contribution in [2.45, 2.75) is 25.5 Å². The first kappa shape index (κ1) is 13.1. The number of piperidine rings is 1. The molecule has 1 N–H and O–H groups in total. The van der Waals surface area contributed by atoms with Crippen molar-refractivity contribution in [3.8, 4) is 0 Å². The third-order valence-electron chi connectivity index (χ3n) is 4.42. The molecule has 1 aromatic rings. The summed E-state index contributed by atoms with van der Waals surface area (Å²) in [5.41, 5.74) is 2.81. The van der Waals surface area contributed by atoms with Crippen molar-refractivity contribution >= 4 is 0 Å². The minimum absolute atomic E-state index is 0.423. The number of hydrogen-bond donors (Lipinski definition) is 1. The van der Waals surface area contributed by atoms with E-state index in [4.69, 9.17) is 4.74 Å². The topological polar surface area (TPSA) is 24.5 Å². The summed E-state index contributed by atoms with van der Waals surface area (Å²) in [5, 5.41) is 3.50. The Morgan fingerprint density at radius 2 is 2.26 bits per heavy atom. The number of nitrogens with zero attached hydrogens (tertiary/aromatic N) is 1. The van der Waals surface area contributed by atoms with Crippen molar-refractivity contribution in [3.63, 3.8) is 0 Å². The van der Waals surface area contributed by atoms with Crippen LogP contribution < -0.4 is 5.32 Å². The van der Waals surface area contributed by atoms with Crippen LogP contribution in [0.4, 0.5) is 0 Å². The van der Waals surface area contributed by atoms with Gasteiger partial charge in [-0.3, -0.25) is 4.90 Å². The second kappa shape index (κ2) is 6.04. The van der Waals surface area contributed by atoms with Crippen molar-refractivity contribution < 1.29 is 4.74 Å². The molecule has 3 nitrogen and oxygen atoms in total. The number of likely N-dealkylation sites (N-methyl/N-ethyl adjacent to an activating group) is 1. The van der Waals surface area contributed by atoms with E-state index in [0.29, 0.717) is 6.04 Å². The SMILES string of the molecule is CN(CC1CCCNC1)C1COCc2ccccc21. The molecule has 0 aromatic heterocycles. The minimum Gasteiger partial charge on any atom is -0.375 e. The van der Waals surface area contributed by atoms with E-state index in [9.17, 15) is 0 Å². The van der Waals surface area contributed by atoms with Gasteiger partial charge in [0.1, 0.15) is 0 Å². The lowest BCUT2D eigenvalue weighted by Gasteiger charge is -2.36. The maximum absolute atomic E-state index is 5.76. The van der Waals surface area contributed by atoms with Gasteiger partial charge < -0.3 is 10.1 Å². The Bertz CT molecular complexity index is 415. The molecule has 2 heterocycles. The van der Waals surface area contributed by atoms with E-state index in [1.165, 1.54) is 37.1 Å². The number of ether oxygens (including phenoxy) is 1. The molecule has 0 aliphatic carbocycles. The quantitative estimate of drug-likeness (QED) is 0.901. The van der Waals surface area contributed by atoms with Gasteiger partial charge in [-0.25, -0.2) is 0 Å². The van der Waals surface area contributed by atoms with E-state index in [1.54, 1.807) is 0 Å². The van der Waals surface area contributed by atoms with Crippen LogP contribution in [0.3, 0.4) is 0 Å². The van der Waals surface area contributed by atoms with E-state index >= 15 is 0 Å².